The van der Waals surface area contributed by atoms with Crippen LogP contribution in [0.25, 0.3) is 55.3 Å². The molecule has 11 rings (SSSR count). The van der Waals surface area contributed by atoms with Crippen molar-refractivity contribution >= 4 is 39.0 Å². The molecule has 2 heteroatoms. The molecule has 9 aromatic carbocycles. The minimum Gasteiger partial charge on any atom is -0.456 e. The quantitative estimate of drug-likeness (QED) is 0.163. The first-order chi connectivity index (χ1) is 28.3. The van der Waals surface area contributed by atoms with Crippen molar-refractivity contribution in [2.75, 3.05) is 4.90 Å². The number of nitrogens with zero attached hydrogens (tertiary/aromatic N) is 1. The van der Waals surface area contributed by atoms with Crippen LogP contribution < -0.4 is 4.90 Å². The van der Waals surface area contributed by atoms with E-state index in [-0.39, 0.29) is 0 Å². The van der Waals surface area contributed by atoms with Gasteiger partial charge in [-0.2, -0.15) is 0 Å². The van der Waals surface area contributed by atoms with E-state index in [0.29, 0.717) is 0 Å². The lowest BCUT2D eigenvalue weighted by atomic mass is 9.67. The highest BCUT2D eigenvalue weighted by atomic mass is 16.3. The molecule has 1 aliphatic rings. The van der Waals surface area contributed by atoms with Crippen molar-refractivity contribution in [2.45, 2.75) is 5.41 Å². The molecule has 0 amide bonds. The van der Waals surface area contributed by atoms with Gasteiger partial charge < -0.3 is 9.32 Å². The smallest absolute Gasteiger partial charge is 0.140 e. The Morgan fingerprint density at radius 2 is 0.789 bits per heavy atom. The summed E-state index contributed by atoms with van der Waals surface area (Å²) in [5, 5.41) is 2.20. The highest BCUT2D eigenvalue weighted by molar-refractivity contribution is 6.08. The lowest BCUT2D eigenvalue weighted by Crippen LogP contribution is -2.28. The summed E-state index contributed by atoms with van der Waals surface area (Å²) >= 11 is 0. The number of rotatable bonds is 7. The topological polar surface area (TPSA) is 16.4 Å². The zero-order valence-electron chi connectivity index (χ0n) is 31.2. The van der Waals surface area contributed by atoms with Crippen LogP contribution >= 0.6 is 0 Å². The average Bonchev–Trinajstić information content (AvgIpc) is 3.82. The molecule has 268 valence electrons. The molecule has 0 fully saturated rings. The monoisotopic (exact) mass is 727 g/mol. The van der Waals surface area contributed by atoms with E-state index in [1.165, 1.54) is 50.1 Å². The van der Waals surface area contributed by atoms with E-state index in [0.717, 1.165) is 44.6 Å². The van der Waals surface area contributed by atoms with Crippen molar-refractivity contribution in [3.8, 4) is 33.4 Å². The van der Waals surface area contributed by atoms with Gasteiger partial charge in [0, 0.05) is 39.5 Å². The van der Waals surface area contributed by atoms with Gasteiger partial charge in [-0.05, 0) is 86.5 Å². The Hall–Kier alpha value is -7.42. The second-order valence-electron chi connectivity index (χ2n) is 14.8. The number of benzene rings is 9. The largest absolute Gasteiger partial charge is 0.456 e. The fourth-order valence-corrected chi connectivity index (χ4v) is 9.22. The van der Waals surface area contributed by atoms with Gasteiger partial charge in [0.15, 0.2) is 0 Å². The summed E-state index contributed by atoms with van der Waals surface area (Å²) in [5.74, 6) is 0. The predicted molar refractivity (Wildman–Crippen MR) is 237 cm³/mol. The standard InChI is InChI=1S/C55H37NO/c1-4-15-38(16-5-1)40-27-31-43(32-28-40)56(44-33-29-41(30-34-44)39-17-6-2-7-18-39)45-35-36-48-49-23-14-26-52(54(49)57-53(48)37-45)55(42-19-8-3-9-20-42)50-24-12-10-21-46(50)47-22-11-13-25-51(47)55/h1-37H. The summed E-state index contributed by atoms with van der Waals surface area (Å²) in [5.41, 5.74) is 16.6. The highest BCUT2D eigenvalue weighted by Gasteiger charge is 2.47. The Bertz CT molecular complexity index is 2910. The van der Waals surface area contributed by atoms with Crippen molar-refractivity contribution in [3.05, 3.63) is 247 Å². The molecule has 0 atom stereocenters. The maximum Gasteiger partial charge on any atom is 0.140 e. The van der Waals surface area contributed by atoms with Crippen LogP contribution in [0.15, 0.2) is 229 Å². The van der Waals surface area contributed by atoms with E-state index in [1.54, 1.807) is 0 Å². The molecular formula is C55H37NO. The third-order valence-electron chi connectivity index (χ3n) is 11.8. The average molecular weight is 728 g/mol. The van der Waals surface area contributed by atoms with Crippen LogP contribution in [0.4, 0.5) is 17.1 Å². The van der Waals surface area contributed by atoms with Gasteiger partial charge in [0.25, 0.3) is 0 Å². The van der Waals surface area contributed by atoms with Gasteiger partial charge in [-0.15, -0.1) is 0 Å². The van der Waals surface area contributed by atoms with Gasteiger partial charge in [-0.3, -0.25) is 0 Å². The second-order valence-corrected chi connectivity index (χ2v) is 14.8. The van der Waals surface area contributed by atoms with Crippen LogP contribution in [0, 0.1) is 0 Å². The number of furan rings is 1. The summed E-state index contributed by atoms with van der Waals surface area (Å²) in [4.78, 5) is 2.33. The maximum absolute atomic E-state index is 7.16. The third kappa shape index (κ3) is 5.26. The molecule has 0 radical (unpaired) electrons. The molecule has 10 aromatic rings. The van der Waals surface area contributed by atoms with E-state index < -0.39 is 5.41 Å². The number of hydrogen-bond donors (Lipinski definition) is 0. The summed E-state index contributed by atoms with van der Waals surface area (Å²) in [7, 11) is 0. The Labute approximate surface area is 332 Å². The summed E-state index contributed by atoms with van der Waals surface area (Å²) in [6.07, 6.45) is 0. The molecular weight excluding hydrogens is 691 g/mol. The minimum absolute atomic E-state index is 0.558. The molecule has 0 N–H and O–H groups in total. The number of hydrogen-bond acceptors (Lipinski definition) is 2. The van der Waals surface area contributed by atoms with Crippen molar-refractivity contribution in [2.24, 2.45) is 0 Å². The van der Waals surface area contributed by atoms with E-state index in [4.69, 9.17) is 4.42 Å². The van der Waals surface area contributed by atoms with Crippen LogP contribution in [-0.4, -0.2) is 0 Å². The molecule has 0 saturated carbocycles. The van der Waals surface area contributed by atoms with Gasteiger partial charge in [-0.1, -0.05) is 182 Å². The third-order valence-corrected chi connectivity index (χ3v) is 11.8. The second kappa shape index (κ2) is 13.4. The zero-order chi connectivity index (χ0) is 37.8. The van der Waals surface area contributed by atoms with Crippen molar-refractivity contribution in [3.63, 3.8) is 0 Å². The SMILES string of the molecule is c1ccc(-c2ccc(N(c3ccc(-c4ccccc4)cc3)c3ccc4c(c3)oc3c(C5(c6ccccc6)c6ccccc6-c6ccccc65)cccc34)cc2)cc1. The fourth-order valence-electron chi connectivity index (χ4n) is 9.22. The van der Waals surface area contributed by atoms with Crippen molar-refractivity contribution in [1.29, 1.82) is 0 Å². The lowest BCUT2D eigenvalue weighted by Gasteiger charge is -2.33. The van der Waals surface area contributed by atoms with E-state index in [9.17, 15) is 0 Å². The number of fused-ring (bicyclic) bond motifs is 6. The van der Waals surface area contributed by atoms with Crippen LogP contribution in [0.1, 0.15) is 22.3 Å². The Balaban J connectivity index is 1.10. The maximum atomic E-state index is 7.16. The van der Waals surface area contributed by atoms with E-state index >= 15 is 0 Å². The fraction of sp³-hybridized carbons (Fsp3) is 0.0182. The van der Waals surface area contributed by atoms with E-state index in [2.05, 4.69) is 229 Å². The van der Waals surface area contributed by atoms with Crippen LogP contribution in [0.3, 0.4) is 0 Å². The minimum atomic E-state index is -0.558. The zero-order valence-corrected chi connectivity index (χ0v) is 31.2. The Kier molecular flexibility index (Phi) is 7.75. The van der Waals surface area contributed by atoms with Gasteiger partial charge >= 0.3 is 0 Å². The summed E-state index contributed by atoms with van der Waals surface area (Å²) < 4.78 is 7.16. The first-order valence-electron chi connectivity index (χ1n) is 19.6. The van der Waals surface area contributed by atoms with Gasteiger partial charge in [0.05, 0.1) is 5.41 Å². The normalized spacial score (nSPS) is 12.7. The molecule has 0 spiro atoms. The van der Waals surface area contributed by atoms with Crippen LogP contribution in [-0.2, 0) is 5.41 Å². The lowest BCUT2D eigenvalue weighted by molar-refractivity contribution is 0.648. The highest BCUT2D eigenvalue weighted by Crippen LogP contribution is 2.57. The molecule has 0 aliphatic heterocycles. The molecule has 1 heterocycles. The van der Waals surface area contributed by atoms with Gasteiger partial charge in [0.1, 0.15) is 11.2 Å². The predicted octanol–water partition coefficient (Wildman–Crippen LogP) is 14.8. The number of para-hydroxylation sites is 1. The van der Waals surface area contributed by atoms with Crippen LogP contribution in [0.2, 0.25) is 0 Å². The molecule has 0 saturated heterocycles. The molecule has 0 bridgehead atoms. The first kappa shape index (κ1) is 33.0. The van der Waals surface area contributed by atoms with Crippen molar-refractivity contribution in [1.82, 2.24) is 0 Å². The van der Waals surface area contributed by atoms with Gasteiger partial charge in [-0.25, -0.2) is 0 Å². The molecule has 1 aromatic heterocycles. The molecule has 57 heavy (non-hydrogen) atoms. The van der Waals surface area contributed by atoms with Gasteiger partial charge in [0.2, 0.25) is 0 Å². The summed E-state index contributed by atoms with van der Waals surface area (Å²) in [6.45, 7) is 0. The summed E-state index contributed by atoms with van der Waals surface area (Å²) in [6, 6.07) is 80.8. The number of anilines is 3. The molecule has 1 aliphatic carbocycles. The molecule has 0 unspecified atom stereocenters. The van der Waals surface area contributed by atoms with Crippen LogP contribution in [0.5, 0.6) is 0 Å². The Morgan fingerprint density at radius 1 is 0.333 bits per heavy atom. The Morgan fingerprint density at radius 3 is 1.35 bits per heavy atom. The van der Waals surface area contributed by atoms with Crippen molar-refractivity contribution < 1.29 is 4.42 Å². The molecule has 2 nitrogen and oxygen atoms in total. The first-order valence-corrected chi connectivity index (χ1v) is 19.6. The van der Waals surface area contributed by atoms with E-state index in [1.807, 2.05) is 0 Å².